The molecule has 0 unspecified atom stereocenters. The third-order valence-electron chi connectivity index (χ3n) is 4.02. The van der Waals surface area contributed by atoms with Crippen molar-refractivity contribution in [3.8, 4) is 11.8 Å². The number of nitrogens with zero attached hydrogens (tertiary/aromatic N) is 4. The van der Waals surface area contributed by atoms with Crippen molar-refractivity contribution in [3.05, 3.63) is 41.8 Å². The van der Waals surface area contributed by atoms with E-state index in [9.17, 15) is 8.42 Å². The van der Waals surface area contributed by atoms with E-state index in [2.05, 4.69) is 35.3 Å². The zero-order chi connectivity index (χ0) is 23.1. The van der Waals surface area contributed by atoms with Gasteiger partial charge in [-0.05, 0) is 33.0 Å². The number of sulfonamides is 1. The molecule has 0 spiro atoms. The van der Waals surface area contributed by atoms with Crippen molar-refractivity contribution >= 4 is 44.8 Å². The average molecular weight is 480 g/mol. The fourth-order valence-electron chi connectivity index (χ4n) is 2.62. The average Bonchev–Trinajstić information content (AvgIpc) is 2.78. The first kappa shape index (κ1) is 23.4. The Morgan fingerprint density at radius 1 is 1.00 bits per heavy atom. The van der Waals surface area contributed by atoms with Gasteiger partial charge in [-0.1, -0.05) is 23.7 Å². The van der Waals surface area contributed by atoms with E-state index in [0.717, 1.165) is 0 Å². The Balaban J connectivity index is 1.97. The molecule has 0 aliphatic heterocycles. The third-order valence-corrected chi connectivity index (χ3v) is 5.77. The second-order valence-corrected chi connectivity index (χ2v) is 8.33. The van der Waals surface area contributed by atoms with E-state index in [1.54, 1.807) is 18.2 Å². The molecular formula is C19H22ClN7O4S. The van der Waals surface area contributed by atoms with Crippen LogP contribution in [0, 0.1) is 0 Å². The van der Waals surface area contributed by atoms with Gasteiger partial charge in [0.2, 0.25) is 27.7 Å². The van der Waals surface area contributed by atoms with Crippen LogP contribution in [0.1, 0.15) is 13.8 Å². The summed E-state index contributed by atoms with van der Waals surface area (Å²) in [6.45, 7) is 4.40. The van der Waals surface area contributed by atoms with Gasteiger partial charge in [-0.25, -0.2) is 18.1 Å². The van der Waals surface area contributed by atoms with E-state index in [-0.39, 0.29) is 33.4 Å². The number of benzene rings is 1. The van der Waals surface area contributed by atoms with Gasteiger partial charge in [-0.2, -0.15) is 15.0 Å². The molecule has 3 aromatic rings. The van der Waals surface area contributed by atoms with Gasteiger partial charge < -0.3 is 20.1 Å². The SMILES string of the molecule is CCOc1ncnc(OCC)c1Nc1ncc(Cl)c(Nc2ccccc2S(=O)(=O)NC)n1. The number of hydrogen-bond donors (Lipinski definition) is 3. The Kier molecular flexibility index (Phi) is 7.62. The van der Waals surface area contributed by atoms with Crippen molar-refractivity contribution in [1.82, 2.24) is 24.7 Å². The van der Waals surface area contributed by atoms with Crippen LogP contribution in [0.5, 0.6) is 11.8 Å². The lowest BCUT2D eigenvalue weighted by molar-refractivity contribution is 0.308. The number of nitrogens with one attached hydrogen (secondary N) is 3. The van der Waals surface area contributed by atoms with Crippen LogP contribution in [-0.4, -0.2) is 48.6 Å². The molecular weight excluding hydrogens is 458 g/mol. The molecule has 0 aliphatic carbocycles. The van der Waals surface area contributed by atoms with Crippen molar-refractivity contribution < 1.29 is 17.9 Å². The van der Waals surface area contributed by atoms with Gasteiger partial charge in [0, 0.05) is 0 Å². The predicted octanol–water partition coefficient (Wildman–Crippen LogP) is 3.11. The van der Waals surface area contributed by atoms with Crippen LogP contribution >= 0.6 is 11.6 Å². The summed E-state index contributed by atoms with van der Waals surface area (Å²) >= 11 is 6.26. The van der Waals surface area contributed by atoms with E-state index >= 15 is 0 Å². The van der Waals surface area contributed by atoms with Gasteiger partial charge in [0.1, 0.15) is 16.2 Å². The van der Waals surface area contributed by atoms with Gasteiger partial charge in [0.05, 0.1) is 25.1 Å². The summed E-state index contributed by atoms with van der Waals surface area (Å²) in [6, 6.07) is 6.37. The van der Waals surface area contributed by atoms with Crippen LogP contribution in [0.3, 0.4) is 0 Å². The highest BCUT2D eigenvalue weighted by Gasteiger charge is 2.19. The minimum absolute atomic E-state index is 0.0420. The molecule has 0 saturated carbocycles. The first-order chi connectivity index (χ1) is 15.4. The van der Waals surface area contributed by atoms with E-state index in [1.165, 1.54) is 25.6 Å². The summed E-state index contributed by atoms with van der Waals surface area (Å²) in [4.78, 5) is 16.8. The highest BCUT2D eigenvalue weighted by Crippen LogP contribution is 2.34. The van der Waals surface area contributed by atoms with Crippen molar-refractivity contribution in [1.29, 1.82) is 0 Å². The van der Waals surface area contributed by atoms with Gasteiger partial charge in [0.25, 0.3) is 0 Å². The Morgan fingerprint density at radius 2 is 1.66 bits per heavy atom. The van der Waals surface area contributed by atoms with Gasteiger partial charge >= 0.3 is 0 Å². The fraction of sp³-hybridized carbons (Fsp3) is 0.263. The van der Waals surface area contributed by atoms with Crippen LogP contribution in [0.4, 0.5) is 23.1 Å². The topological polar surface area (TPSA) is 140 Å². The molecule has 3 N–H and O–H groups in total. The predicted molar refractivity (Wildman–Crippen MR) is 121 cm³/mol. The molecule has 0 radical (unpaired) electrons. The van der Waals surface area contributed by atoms with Crippen molar-refractivity contribution in [3.63, 3.8) is 0 Å². The highest BCUT2D eigenvalue weighted by molar-refractivity contribution is 7.89. The number of aromatic nitrogens is 4. The summed E-state index contributed by atoms with van der Waals surface area (Å²) in [5, 5.41) is 6.13. The number of hydrogen-bond acceptors (Lipinski definition) is 10. The van der Waals surface area contributed by atoms with Crippen LogP contribution in [0.2, 0.25) is 5.02 Å². The summed E-state index contributed by atoms with van der Waals surface area (Å²) in [7, 11) is -2.38. The largest absolute Gasteiger partial charge is 0.476 e. The summed E-state index contributed by atoms with van der Waals surface area (Å²) in [5.41, 5.74) is 0.643. The normalized spacial score (nSPS) is 11.1. The second-order valence-electron chi connectivity index (χ2n) is 6.07. The van der Waals surface area contributed by atoms with Crippen LogP contribution in [0.15, 0.2) is 41.7 Å². The lowest BCUT2D eigenvalue weighted by atomic mass is 10.3. The minimum atomic E-state index is -3.71. The van der Waals surface area contributed by atoms with Crippen molar-refractivity contribution in [2.24, 2.45) is 0 Å². The molecule has 0 saturated heterocycles. The van der Waals surface area contributed by atoms with Crippen LogP contribution in [-0.2, 0) is 10.0 Å². The smallest absolute Gasteiger partial charge is 0.245 e. The standard InChI is InChI=1S/C19H22ClN7O4S/c1-4-30-17-15(18(31-5-2)24-11-23-17)26-19-22-10-12(20)16(27-19)25-13-8-6-7-9-14(13)32(28,29)21-3/h6-11,21H,4-5H2,1-3H3,(H2,22,25,26,27). The number of halogens is 1. The Bertz CT molecular complexity index is 1170. The van der Waals surface area contributed by atoms with E-state index in [4.69, 9.17) is 21.1 Å². The summed E-state index contributed by atoms with van der Waals surface area (Å²) < 4.78 is 38.0. The highest BCUT2D eigenvalue weighted by atomic mass is 35.5. The Morgan fingerprint density at radius 3 is 2.28 bits per heavy atom. The maximum absolute atomic E-state index is 12.3. The molecule has 0 fully saturated rings. The fourth-order valence-corrected chi connectivity index (χ4v) is 3.65. The lowest BCUT2D eigenvalue weighted by Crippen LogP contribution is -2.19. The molecule has 2 heterocycles. The van der Waals surface area contributed by atoms with Gasteiger partial charge in [0.15, 0.2) is 11.5 Å². The molecule has 170 valence electrons. The summed E-state index contributed by atoms with van der Waals surface area (Å²) in [6.07, 6.45) is 2.70. The minimum Gasteiger partial charge on any atom is -0.476 e. The van der Waals surface area contributed by atoms with Gasteiger partial charge in [-0.15, -0.1) is 0 Å². The monoisotopic (exact) mass is 479 g/mol. The van der Waals surface area contributed by atoms with Crippen LogP contribution < -0.4 is 24.8 Å². The molecule has 0 atom stereocenters. The zero-order valence-corrected chi connectivity index (χ0v) is 19.2. The third kappa shape index (κ3) is 5.33. The maximum atomic E-state index is 12.3. The molecule has 3 rings (SSSR count). The van der Waals surface area contributed by atoms with Gasteiger partial charge in [-0.3, -0.25) is 0 Å². The zero-order valence-electron chi connectivity index (χ0n) is 17.6. The molecule has 11 nitrogen and oxygen atoms in total. The molecule has 13 heteroatoms. The quantitative estimate of drug-likeness (QED) is 0.397. The molecule has 32 heavy (non-hydrogen) atoms. The second kappa shape index (κ2) is 10.4. The molecule has 0 bridgehead atoms. The summed E-state index contributed by atoms with van der Waals surface area (Å²) in [5.74, 6) is 0.868. The number of ether oxygens (including phenoxy) is 2. The van der Waals surface area contributed by atoms with Crippen molar-refractivity contribution in [2.45, 2.75) is 18.7 Å². The van der Waals surface area contributed by atoms with E-state index in [1.807, 2.05) is 13.8 Å². The number of rotatable bonds is 10. The maximum Gasteiger partial charge on any atom is 0.245 e. The lowest BCUT2D eigenvalue weighted by Gasteiger charge is -2.15. The first-order valence-corrected chi connectivity index (χ1v) is 11.5. The first-order valence-electron chi connectivity index (χ1n) is 9.59. The number of anilines is 4. The van der Waals surface area contributed by atoms with Crippen molar-refractivity contribution in [2.75, 3.05) is 30.9 Å². The molecule has 1 aromatic carbocycles. The Labute approximate surface area is 190 Å². The van der Waals surface area contributed by atoms with E-state index < -0.39 is 10.0 Å². The molecule has 0 aliphatic rings. The molecule has 2 aromatic heterocycles. The number of para-hydroxylation sites is 1. The molecule has 0 amide bonds. The van der Waals surface area contributed by atoms with E-state index in [0.29, 0.717) is 24.6 Å². The van der Waals surface area contributed by atoms with Crippen LogP contribution in [0.25, 0.3) is 0 Å². The Hall–Kier alpha value is -3.22.